The van der Waals surface area contributed by atoms with E-state index in [2.05, 4.69) is 70.2 Å². The first kappa shape index (κ1) is 36.3. The molecule has 272 valence electrons. The number of aromatic nitrogens is 2. The smallest absolute Gasteiger partial charge is 0.203 e. The van der Waals surface area contributed by atoms with Crippen LogP contribution in [0.5, 0.6) is 34.5 Å². The predicted octanol–water partition coefficient (Wildman–Crippen LogP) is 7.84. The normalized spacial score (nSPS) is 13.4. The molecule has 1 aliphatic heterocycles. The highest BCUT2D eigenvalue weighted by molar-refractivity contribution is 5.70. The average molecular weight is 705 g/mol. The van der Waals surface area contributed by atoms with Crippen molar-refractivity contribution in [3.05, 3.63) is 102 Å². The Morgan fingerprint density at radius 1 is 0.596 bits per heavy atom. The molecule has 0 spiro atoms. The summed E-state index contributed by atoms with van der Waals surface area (Å²) in [6.45, 7) is 5.71. The lowest BCUT2D eigenvalue weighted by Gasteiger charge is -2.40. The van der Waals surface area contributed by atoms with Crippen molar-refractivity contribution < 1.29 is 28.4 Å². The number of likely N-dealkylation sites (tertiary alicyclic amines) is 1. The van der Waals surface area contributed by atoms with Crippen molar-refractivity contribution in [2.75, 3.05) is 60.6 Å². The molecule has 1 saturated heterocycles. The highest BCUT2D eigenvalue weighted by atomic mass is 16.5. The van der Waals surface area contributed by atoms with E-state index in [-0.39, 0.29) is 0 Å². The molecule has 2 aromatic heterocycles. The number of pyridine rings is 2. The molecule has 6 rings (SSSR count). The maximum absolute atomic E-state index is 5.62. The zero-order chi connectivity index (χ0) is 36.6. The molecule has 3 heterocycles. The summed E-state index contributed by atoms with van der Waals surface area (Å²) in [5, 5.41) is 0. The summed E-state index contributed by atoms with van der Waals surface area (Å²) < 4.78 is 33.5. The highest BCUT2D eigenvalue weighted by Gasteiger charge is 2.26. The minimum atomic E-state index is 0.379. The summed E-state index contributed by atoms with van der Waals surface area (Å²) in [5.74, 6) is 3.53. The Kier molecular flexibility index (Phi) is 11.7. The van der Waals surface area contributed by atoms with Gasteiger partial charge in [-0.3, -0.25) is 14.9 Å². The van der Waals surface area contributed by atoms with Crippen LogP contribution in [0.25, 0.3) is 22.5 Å². The van der Waals surface area contributed by atoms with Gasteiger partial charge in [-0.2, -0.15) is 0 Å². The molecular formula is C42H48N4O6. The second-order valence-electron chi connectivity index (χ2n) is 12.9. The highest BCUT2D eigenvalue weighted by Crippen LogP contribution is 2.42. The molecule has 3 aromatic carbocycles. The maximum Gasteiger partial charge on any atom is 0.203 e. The molecule has 0 radical (unpaired) electrons. The van der Waals surface area contributed by atoms with E-state index in [1.807, 2.05) is 36.7 Å². The van der Waals surface area contributed by atoms with E-state index in [4.69, 9.17) is 33.4 Å². The van der Waals surface area contributed by atoms with Crippen LogP contribution in [0, 0.1) is 6.92 Å². The maximum atomic E-state index is 5.62. The molecular weight excluding hydrogens is 656 g/mol. The molecule has 10 nitrogen and oxygen atoms in total. The fraction of sp³-hybridized carbons (Fsp3) is 0.333. The van der Waals surface area contributed by atoms with Gasteiger partial charge >= 0.3 is 0 Å². The lowest BCUT2D eigenvalue weighted by molar-refractivity contribution is 0.201. The van der Waals surface area contributed by atoms with Gasteiger partial charge in [-0.05, 0) is 91.6 Å². The molecule has 1 aliphatic rings. The first-order valence-electron chi connectivity index (χ1n) is 17.4. The first-order valence-corrected chi connectivity index (χ1v) is 17.4. The number of benzene rings is 3. The molecule has 0 saturated carbocycles. The number of ether oxygens (including phenoxy) is 6. The average Bonchev–Trinajstić information content (AvgIpc) is 3.19. The van der Waals surface area contributed by atoms with Crippen molar-refractivity contribution in [2.45, 2.75) is 38.9 Å². The number of rotatable bonds is 14. The third kappa shape index (κ3) is 8.02. The van der Waals surface area contributed by atoms with Gasteiger partial charge in [0.1, 0.15) is 0 Å². The molecule has 0 atom stereocenters. The number of piperidine rings is 1. The van der Waals surface area contributed by atoms with Crippen molar-refractivity contribution in [3.8, 4) is 57.0 Å². The lowest BCUT2D eigenvalue weighted by Crippen LogP contribution is -2.44. The van der Waals surface area contributed by atoms with Gasteiger partial charge in [0.25, 0.3) is 0 Å². The fourth-order valence-corrected chi connectivity index (χ4v) is 6.93. The summed E-state index contributed by atoms with van der Waals surface area (Å²) in [5.41, 5.74) is 8.37. The van der Waals surface area contributed by atoms with Gasteiger partial charge in [0.2, 0.25) is 11.5 Å². The molecule has 10 heteroatoms. The van der Waals surface area contributed by atoms with Gasteiger partial charge in [-0.1, -0.05) is 17.7 Å². The minimum Gasteiger partial charge on any atom is -0.493 e. The van der Waals surface area contributed by atoms with Crippen LogP contribution in [0.3, 0.4) is 0 Å². The van der Waals surface area contributed by atoms with Gasteiger partial charge in [-0.25, -0.2) is 0 Å². The quantitative estimate of drug-likeness (QED) is 0.114. The monoisotopic (exact) mass is 704 g/mol. The number of methoxy groups -OCH3 is 6. The Morgan fingerprint density at radius 3 is 1.52 bits per heavy atom. The standard InChI is InChI=1S/C42H48N4O6/c1-28-8-10-33(11-9-28)46(27-30-13-17-44-36(21-30)32-24-39(49-4)42(52-7)40(25-32)50-5)34-14-18-45(19-15-34)26-29-12-16-43-35(20-29)31-22-37(47-2)41(51-6)38(23-31)48-3/h8-13,16-17,20-25,34H,14-15,18-19,26-27H2,1-7H3. The van der Waals surface area contributed by atoms with Crippen molar-refractivity contribution in [2.24, 2.45) is 0 Å². The van der Waals surface area contributed by atoms with Gasteiger partial charge in [0, 0.05) is 61.4 Å². The molecule has 52 heavy (non-hydrogen) atoms. The van der Waals surface area contributed by atoms with E-state index in [0.717, 1.165) is 61.5 Å². The molecule has 0 aliphatic carbocycles. The van der Waals surface area contributed by atoms with Gasteiger partial charge < -0.3 is 33.3 Å². The molecule has 1 fully saturated rings. The van der Waals surface area contributed by atoms with Crippen molar-refractivity contribution in [3.63, 3.8) is 0 Å². The van der Waals surface area contributed by atoms with E-state index in [1.165, 1.54) is 22.4 Å². The van der Waals surface area contributed by atoms with E-state index >= 15 is 0 Å². The number of anilines is 1. The van der Waals surface area contributed by atoms with E-state index in [1.54, 1.807) is 42.7 Å². The molecule has 5 aromatic rings. The third-order valence-corrected chi connectivity index (χ3v) is 9.69. The van der Waals surface area contributed by atoms with E-state index in [9.17, 15) is 0 Å². The molecule has 0 unspecified atom stereocenters. The van der Waals surface area contributed by atoms with Crippen LogP contribution in [0.4, 0.5) is 5.69 Å². The van der Waals surface area contributed by atoms with Crippen LogP contribution in [-0.2, 0) is 13.1 Å². The summed E-state index contributed by atoms with van der Waals surface area (Å²) in [6, 6.07) is 25.5. The zero-order valence-electron chi connectivity index (χ0n) is 31.1. The number of hydrogen-bond acceptors (Lipinski definition) is 10. The Balaban J connectivity index is 1.19. The number of nitrogens with zero attached hydrogens (tertiary/aromatic N) is 4. The van der Waals surface area contributed by atoms with Crippen LogP contribution in [0.1, 0.15) is 29.5 Å². The lowest BCUT2D eigenvalue weighted by atomic mass is 9.99. The predicted molar refractivity (Wildman–Crippen MR) is 204 cm³/mol. The Hall–Kier alpha value is -5.48. The molecule has 0 amide bonds. The largest absolute Gasteiger partial charge is 0.493 e. The summed E-state index contributed by atoms with van der Waals surface area (Å²) >= 11 is 0. The Bertz CT molecular complexity index is 1910. The topological polar surface area (TPSA) is 87.6 Å². The van der Waals surface area contributed by atoms with Crippen LogP contribution < -0.4 is 33.3 Å². The summed E-state index contributed by atoms with van der Waals surface area (Å²) in [7, 11) is 9.72. The second kappa shape index (κ2) is 16.7. The van der Waals surface area contributed by atoms with Crippen LogP contribution in [0.15, 0.2) is 85.2 Å². The van der Waals surface area contributed by atoms with Gasteiger partial charge in [0.15, 0.2) is 23.0 Å². The van der Waals surface area contributed by atoms with Crippen LogP contribution in [0.2, 0.25) is 0 Å². The minimum absolute atomic E-state index is 0.379. The molecule has 0 bridgehead atoms. The molecule has 0 N–H and O–H groups in total. The van der Waals surface area contributed by atoms with Crippen molar-refractivity contribution >= 4 is 5.69 Å². The summed E-state index contributed by atoms with van der Waals surface area (Å²) in [6.07, 6.45) is 5.85. The van der Waals surface area contributed by atoms with E-state index < -0.39 is 0 Å². The Morgan fingerprint density at radius 2 is 1.06 bits per heavy atom. The van der Waals surface area contributed by atoms with Crippen LogP contribution in [-0.4, -0.2) is 76.7 Å². The van der Waals surface area contributed by atoms with Crippen LogP contribution >= 0.6 is 0 Å². The first-order chi connectivity index (χ1) is 25.4. The Labute approximate surface area is 306 Å². The summed E-state index contributed by atoms with van der Waals surface area (Å²) in [4.78, 5) is 14.5. The van der Waals surface area contributed by atoms with Gasteiger partial charge in [0.05, 0.1) is 54.0 Å². The van der Waals surface area contributed by atoms with Crippen molar-refractivity contribution in [1.82, 2.24) is 14.9 Å². The zero-order valence-corrected chi connectivity index (χ0v) is 31.1. The second-order valence-corrected chi connectivity index (χ2v) is 12.9. The van der Waals surface area contributed by atoms with Crippen molar-refractivity contribution in [1.29, 1.82) is 0 Å². The fourth-order valence-electron chi connectivity index (χ4n) is 6.93. The third-order valence-electron chi connectivity index (χ3n) is 9.69. The SMILES string of the molecule is COc1cc(-c2cc(CN3CCC(N(Cc4ccnc(-c5cc(OC)c(OC)c(OC)c5)c4)c4ccc(C)cc4)CC3)ccn2)cc(OC)c1OC. The number of hydrogen-bond donors (Lipinski definition) is 0. The van der Waals surface area contributed by atoms with E-state index in [0.29, 0.717) is 40.5 Å². The number of aryl methyl sites for hydroxylation is 1. The van der Waals surface area contributed by atoms with Gasteiger partial charge in [-0.15, -0.1) is 0 Å².